The maximum Gasteiger partial charge on any atom is 0.146 e. The predicted octanol–water partition coefficient (Wildman–Crippen LogP) is 5.42. The van der Waals surface area contributed by atoms with Gasteiger partial charge in [-0.2, -0.15) is 0 Å². The molecule has 5 rings (SSSR count). The Morgan fingerprint density at radius 3 is 2.29 bits per heavy atom. The molecule has 0 radical (unpaired) electrons. The van der Waals surface area contributed by atoms with E-state index in [1.807, 2.05) is 84.9 Å². The number of nitrogens with zero attached hydrogens (tertiary/aromatic N) is 3. The number of fused-ring (bicyclic) bond motifs is 2. The van der Waals surface area contributed by atoms with Crippen molar-refractivity contribution in [2.75, 3.05) is 0 Å². The van der Waals surface area contributed by atoms with Crippen molar-refractivity contribution in [2.45, 2.75) is 6.61 Å². The van der Waals surface area contributed by atoms with Crippen molar-refractivity contribution in [1.29, 1.82) is 0 Å². The fraction of sp³-hybridized carbons (Fsp3) is 0.0417. The molecule has 134 valence electrons. The summed E-state index contributed by atoms with van der Waals surface area (Å²) in [7, 11) is 0. The second-order valence-corrected chi connectivity index (χ2v) is 6.49. The number of ether oxygens (including phenoxy) is 1. The van der Waals surface area contributed by atoms with E-state index in [1.165, 1.54) is 0 Å². The highest BCUT2D eigenvalue weighted by molar-refractivity contribution is 5.84. The monoisotopic (exact) mass is 363 g/mol. The summed E-state index contributed by atoms with van der Waals surface area (Å²) >= 11 is 0. The minimum Gasteiger partial charge on any atom is -0.485 e. The first kappa shape index (κ1) is 16.4. The second kappa shape index (κ2) is 7.08. The summed E-state index contributed by atoms with van der Waals surface area (Å²) in [6.07, 6.45) is 1.78. The summed E-state index contributed by atoms with van der Waals surface area (Å²) in [6.45, 7) is 0.317. The fourth-order valence-corrected chi connectivity index (χ4v) is 3.30. The van der Waals surface area contributed by atoms with Gasteiger partial charge < -0.3 is 4.74 Å². The maximum absolute atomic E-state index is 6.15. The number of rotatable bonds is 4. The van der Waals surface area contributed by atoms with Crippen molar-refractivity contribution < 1.29 is 4.74 Å². The van der Waals surface area contributed by atoms with Crippen LogP contribution in [0, 0.1) is 0 Å². The lowest BCUT2D eigenvalue weighted by molar-refractivity contribution is 0.305. The zero-order chi connectivity index (χ0) is 18.8. The number of para-hydroxylation sites is 3. The third-order valence-corrected chi connectivity index (χ3v) is 4.65. The Kier molecular flexibility index (Phi) is 4.14. The summed E-state index contributed by atoms with van der Waals surface area (Å²) in [5, 5.41) is 1.05. The Hall–Kier alpha value is -3.79. The summed E-state index contributed by atoms with van der Waals surface area (Å²) in [5.41, 5.74) is 5.24. The molecule has 0 unspecified atom stereocenters. The van der Waals surface area contributed by atoms with E-state index < -0.39 is 0 Å². The van der Waals surface area contributed by atoms with Crippen molar-refractivity contribution >= 4 is 21.9 Å². The van der Waals surface area contributed by atoms with Crippen LogP contribution >= 0.6 is 0 Å². The van der Waals surface area contributed by atoms with E-state index in [9.17, 15) is 0 Å². The Morgan fingerprint density at radius 2 is 1.43 bits per heavy atom. The van der Waals surface area contributed by atoms with Crippen LogP contribution in [-0.2, 0) is 6.61 Å². The third-order valence-electron chi connectivity index (χ3n) is 4.65. The molecule has 0 aliphatic carbocycles. The second-order valence-electron chi connectivity index (χ2n) is 6.49. The van der Waals surface area contributed by atoms with Crippen LogP contribution in [0.3, 0.4) is 0 Å². The molecule has 3 aromatic carbocycles. The van der Waals surface area contributed by atoms with Gasteiger partial charge in [0, 0.05) is 17.1 Å². The van der Waals surface area contributed by atoms with Crippen LogP contribution in [0.25, 0.3) is 33.2 Å². The SMILES string of the molecule is c1ccc(-c2nc3ccccc3nc2COc2cccc3cccnc23)cc1. The van der Waals surface area contributed by atoms with Gasteiger partial charge in [-0.3, -0.25) is 4.98 Å². The summed E-state index contributed by atoms with van der Waals surface area (Å²) in [4.78, 5) is 14.2. The number of hydrogen-bond acceptors (Lipinski definition) is 4. The van der Waals surface area contributed by atoms with E-state index in [1.54, 1.807) is 6.20 Å². The largest absolute Gasteiger partial charge is 0.485 e. The van der Waals surface area contributed by atoms with Crippen LogP contribution in [0.5, 0.6) is 5.75 Å². The molecule has 4 nitrogen and oxygen atoms in total. The van der Waals surface area contributed by atoms with Gasteiger partial charge in [0.1, 0.15) is 23.6 Å². The Bertz CT molecular complexity index is 1260. The predicted molar refractivity (Wildman–Crippen MR) is 111 cm³/mol. The Morgan fingerprint density at radius 1 is 0.679 bits per heavy atom. The van der Waals surface area contributed by atoms with Crippen LogP contribution in [0.4, 0.5) is 0 Å². The highest BCUT2D eigenvalue weighted by atomic mass is 16.5. The lowest BCUT2D eigenvalue weighted by atomic mass is 10.1. The quantitative estimate of drug-likeness (QED) is 0.427. The van der Waals surface area contributed by atoms with Crippen molar-refractivity contribution in [3.05, 3.63) is 96.8 Å². The van der Waals surface area contributed by atoms with Crippen LogP contribution in [0.15, 0.2) is 91.1 Å². The Labute approximate surface area is 162 Å². The molecule has 0 saturated heterocycles. The van der Waals surface area contributed by atoms with Crippen molar-refractivity contribution in [1.82, 2.24) is 15.0 Å². The van der Waals surface area contributed by atoms with Crippen LogP contribution < -0.4 is 4.74 Å². The average molecular weight is 363 g/mol. The molecule has 2 aromatic heterocycles. The lowest BCUT2D eigenvalue weighted by Gasteiger charge is -2.12. The third kappa shape index (κ3) is 3.05. The van der Waals surface area contributed by atoms with E-state index in [-0.39, 0.29) is 0 Å². The number of pyridine rings is 1. The smallest absolute Gasteiger partial charge is 0.146 e. The highest BCUT2D eigenvalue weighted by Gasteiger charge is 2.12. The molecule has 28 heavy (non-hydrogen) atoms. The average Bonchev–Trinajstić information content (AvgIpc) is 2.77. The molecule has 5 aromatic rings. The van der Waals surface area contributed by atoms with E-state index >= 15 is 0 Å². The zero-order valence-corrected chi connectivity index (χ0v) is 15.1. The zero-order valence-electron chi connectivity index (χ0n) is 15.1. The first-order valence-electron chi connectivity index (χ1n) is 9.16. The van der Waals surface area contributed by atoms with E-state index in [4.69, 9.17) is 14.7 Å². The molecule has 0 amide bonds. The van der Waals surface area contributed by atoms with Gasteiger partial charge in [0.15, 0.2) is 0 Å². The number of benzene rings is 3. The highest BCUT2D eigenvalue weighted by Crippen LogP contribution is 2.27. The molecule has 4 heteroatoms. The maximum atomic E-state index is 6.15. The topological polar surface area (TPSA) is 47.9 Å². The molecule has 0 N–H and O–H groups in total. The van der Waals surface area contributed by atoms with E-state index in [2.05, 4.69) is 4.98 Å². The summed E-state index contributed by atoms with van der Waals surface area (Å²) < 4.78 is 6.15. The van der Waals surface area contributed by atoms with Gasteiger partial charge in [0.2, 0.25) is 0 Å². The van der Waals surface area contributed by atoms with Crippen LogP contribution in [0.2, 0.25) is 0 Å². The van der Waals surface area contributed by atoms with Gasteiger partial charge in [0.25, 0.3) is 0 Å². The minimum absolute atomic E-state index is 0.317. The molecule has 0 atom stereocenters. The van der Waals surface area contributed by atoms with Crippen LogP contribution in [0.1, 0.15) is 5.69 Å². The van der Waals surface area contributed by atoms with Gasteiger partial charge in [-0.25, -0.2) is 9.97 Å². The molecular weight excluding hydrogens is 346 g/mol. The van der Waals surface area contributed by atoms with Gasteiger partial charge in [0.05, 0.1) is 16.7 Å². The van der Waals surface area contributed by atoms with Crippen molar-refractivity contribution in [3.8, 4) is 17.0 Å². The number of aromatic nitrogens is 3. The molecule has 0 aliphatic heterocycles. The first-order valence-corrected chi connectivity index (χ1v) is 9.16. The summed E-state index contributed by atoms with van der Waals surface area (Å²) in [5.74, 6) is 0.743. The standard InChI is InChI=1S/C24H17N3O/c1-2-8-17(9-3-1)23-21(26-19-12-4-5-13-20(19)27-23)16-28-22-14-6-10-18-11-7-15-25-24(18)22/h1-15H,16H2. The normalized spacial score (nSPS) is 11.0. The van der Waals surface area contributed by atoms with Crippen LogP contribution in [-0.4, -0.2) is 15.0 Å². The molecule has 0 fully saturated rings. The van der Waals surface area contributed by atoms with E-state index in [0.717, 1.165) is 44.6 Å². The van der Waals surface area contributed by atoms with Crippen molar-refractivity contribution in [2.24, 2.45) is 0 Å². The number of hydrogen-bond donors (Lipinski definition) is 0. The van der Waals surface area contributed by atoms with Gasteiger partial charge in [-0.05, 0) is 24.3 Å². The fourth-order valence-electron chi connectivity index (χ4n) is 3.30. The molecule has 0 bridgehead atoms. The molecule has 2 heterocycles. The summed E-state index contributed by atoms with van der Waals surface area (Å²) in [6, 6.07) is 27.9. The van der Waals surface area contributed by atoms with Crippen molar-refractivity contribution in [3.63, 3.8) is 0 Å². The van der Waals surface area contributed by atoms with E-state index in [0.29, 0.717) is 6.61 Å². The van der Waals surface area contributed by atoms with Gasteiger partial charge >= 0.3 is 0 Å². The van der Waals surface area contributed by atoms with Gasteiger partial charge in [-0.15, -0.1) is 0 Å². The molecule has 0 spiro atoms. The minimum atomic E-state index is 0.317. The van der Waals surface area contributed by atoms with Gasteiger partial charge in [-0.1, -0.05) is 60.7 Å². The molecular formula is C24H17N3O. The Balaban J connectivity index is 1.58. The molecule has 0 saturated carbocycles. The molecule has 0 aliphatic rings. The first-order chi connectivity index (χ1) is 13.9. The lowest BCUT2D eigenvalue weighted by Crippen LogP contribution is -2.04.